The van der Waals surface area contributed by atoms with Crippen LogP contribution in [0.15, 0.2) is 0 Å². The van der Waals surface area contributed by atoms with Gasteiger partial charge in [-0.3, -0.25) is 14.4 Å². The molecule has 0 aromatic heterocycles. The van der Waals surface area contributed by atoms with Crippen LogP contribution in [0.25, 0.3) is 0 Å². The van der Waals surface area contributed by atoms with Crippen LogP contribution in [-0.2, 0) is 28.6 Å². The van der Waals surface area contributed by atoms with Crippen LogP contribution in [0, 0.1) is 0 Å². The third-order valence-electron chi connectivity index (χ3n) is 15.6. The normalized spacial score (nSPS) is 11.9. The van der Waals surface area contributed by atoms with Gasteiger partial charge in [-0.25, -0.2) is 0 Å². The fraction of sp³-hybridized carbons (Fsp3) is 0.955. The van der Waals surface area contributed by atoms with Crippen molar-refractivity contribution < 1.29 is 28.6 Å². The van der Waals surface area contributed by atoms with Gasteiger partial charge >= 0.3 is 17.9 Å². The second kappa shape index (κ2) is 62.9. The van der Waals surface area contributed by atoms with Gasteiger partial charge in [0.1, 0.15) is 13.2 Å². The predicted octanol–water partition coefficient (Wildman–Crippen LogP) is 22.7. The molecule has 0 spiro atoms. The molecule has 0 rings (SSSR count). The molecule has 1 unspecified atom stereocenters. The molecule has 0 radical (unpaired) electrons. The van der Waals surface area contributed by atoms with Crippen molar-refractivity contribution in [2.45, 2.75) is 399 Å². The summed E-state index contributed by atoms with van der Waals surface area (Å²) in [5.74, 6) is -0.823. The number of carbonyl (C=O) groups is 3. The molecule has 0 aliphatic carbocycles. The van der Waals surface area contributed by atoms with E-state index in [-0.39, 0.29) is 31.1 Å². The molecular formula is C67H130O6. The number of ether oxygens (including phenoxy) is 3. The van der Waals surface area contributed by atoms with Crippen molar-refractivity contribution >= 4 is 17.9 Å². The van der Waals surface area contributed by atoms with E-state index >= 15 is 0 Å². The van der Waals surface area contributed by atoms with Gasteiger partial charge in [0.25, 0.3) is 0 Å². The Morgan fingerprint density at radius 2 is 0.370 bits per heavy atom. The summed E-state index contributed by atoms with van der Waals surface area (Å²) in [7, 11) is 0. The zero-order valence-electron chi connectivity index (χ0n) is 50.0. The van der Waals surface area contributed by atoms with Crippen LogP contribution in [0.3, 0.4) is 0 Å². The van der Waals surface area contributed by atoms with Crippen LogP contribution < -0.4 is 0 Å². The zero-order chi connectivity index (χ0) is 52.9. The first-order valence-corrected chi connectivity index (χ1v) is 33.5. The molecule has 0 aliphatic heterocycles. The number of hydrogen-bond acceptors (Lipinski definition) is 6. The van der Waals surface area contributed by atoms with Crippen molar-refractivity contribution in [3.05, 3.63) is 0 Å². The van der Waals surface area contributed by atoms with Crippen molar-refractivity contribution in [2.24, 2.45) is 0 Å². The Morgan fingerprint density at radius 3 is 0.548 bits per heavy atom. The Morgan fingerprint density at radius 1 is 0.219 bits per heavy atom. The Labute approximate surface area is 457 Å². The van der Waals surface area contributed by atoms with Crippen LogP contribution in [0.5, 0.6) is 0 Å². The molecule has 0 aromatic carbocycles. The van der Waals surface area contributed by atoms with E-state index in [1.807, 2.05) is 0 Å². The maximum absolute atomic E-state index is 12.9. The van der Waals surface area contributed by atoms with Crippen molar-refractivity contribution in [2.75, 3.05) is 13.2 Å². The molecule has 0 bridgehead atoms. The standard InChI is InChI=1S/C67H130O6/c1-4-7-10-13-16-19-22-25-28-29-30-31-32-33-34-35-36-37-40-42-45-48-51-54-57-60-66(69)72-63-64(73-67(70)61-58-55-52-49-46-43-39-27-24-21-18-15-12-9-6-3)62-71-65(68)59-56-53-50-47-44-41-38-26-23-20-17-14-11-8-5-2/h64H,4-63H2,1-3H3. The van der Waals surface area contributed by atoms with Crippen LogP contribution in [0.4, 0.5) is 0 Å². The van der Waals surface area contributed by atoms with Crippen LogP contribution in [0.1, 0.15) is 393 Å². The second-order valence-corrected chi connectivity index (χ2v) is 23.1. The number of hydrogen-bond donors (Lipinski definition) is 0. The van der Waals surface area contributed by atoms with Gasteiger partial charge in [0, 0.05) is 19.3 Å². The Balaban J connectivity index is 4.19. The van der Waals surface area contributed by atoms with Gasteiger partial charge in [-0.1, -0.05) is 355 Å². The molecule has 0 saturated carbocycles. The number of rotatable bonds is 63. The molecular weight excluding hydrogens is 901 g/mol. The van der Waals surface area contributed by atoms with Crippen molar-refractivity contribution in [3.63, 3.8) is 0 Å². The fourth-order valence-electron chi connectivity index (χ4n) is 10.6. The van der Waals surface area contributed by atoms with E-state index < -0.39 is 6.10 Å². The summed E-state index contributed by atoms with van der Waals surface area (Å²) in [6.07, 6.45) is 72.6. The van der Waals surface area contributed by atoms with Gasteiger partial charge in [-0.15, -0.1) is 0 Å². The monoisotopic (exact) mass is 1030 g/mol. The molecule has 434 valence electrons. The van der Waals surface area contributed by atoms with E-state index in [0.717, 1.165) is 57.8 Å². The fourth-order valence-corrected chi connectivity index (χ4v) is 10.6. The number of esters is 3. The molecule has 0 fully saturated rings. The van der Waals surface area contributed by atoms with Gasteiger partial charge in [0.05, 0.1) is 0 Å². The molecule has 0 N–H and O–H groups in total. The minimum Gasteiger partial charge on any atom is -0.462 e. The minimum absolute atomic E-state index is 0.0604. The summed E-state index contributed by atoms with van der Waals surface area (Å²) in [6, 6.07) is 0. The van der Waals surface area contributed by atoms with Gasteiger partial charge in [-0.2, -0.15) is 0 Å². The van der Waals surface area contributed by atoms with E-state index in [4.69, 9.17) is 14.2 Å². The topological polar surface area (TPSA) is 78.9 Å². The average molecular weight is 1030 g/mol. The lowest BCUT2D eigenvalue weighted by Gasteiger charge is -2.18. The summed E-state index contributed by atoms with van der Waals surface area (Å²) in [6.45, 7) is 6.73. The smallest absolute Gasteiger partial charge is 0.306 e. The number of unbranched alkanes of at least 4 members (excludes halogenated alkanes) is 52. The highest BCUT2D eigenvalue weighted by atomic mass is 16.6. The summed E-state index contributed by atoms with van der Waals surface area (Å²) in [5.41, 5.74) is 0. The molecule has 73 heavy (non-hydrogen) atoms. The molecule has 1 atom stereocenters. The largest absolute Gasteiger partial charge is 0.462 e. The first-order chi connectivity index (χ1) is 36.0. The lowest BCUT2D eigenvalue weighted by atomic mass is 10.0. The first-order valence-electron chi connectivity index (χ1n) is 33.5. The van der Waals surface area contributed by atoms with E-state index in [1.54, 1.807) is 0 Å². The maximum atomic E-state index is 12.9. The Kier molecular flexibility index (Phi) is 61.6. The number of carbonyl (C=O) groups excluding carboxylic acids is 3. The summed E-state index contributed by atoms with van der Waals surface area (Å²) >= 11 is 0. The summed E-state index contributed by atoms with van der Waals surface area (Å²) < 4.78 is 17.0. The lowest BCUT2D eigenvalue weighted by Crippen LogP contribution is -2.30. The molecule has 0 amide bonds. The van der Waals surface area contributed by atoms with Crippen LogP contribution in [0.2, 0.25) is 0 Å². The average Bonchev–Trinajstić information content (AvgIpc) is 3.39. The molecule has 0 aliphatic rings. The molecule has 6 nitrogen and oxygen atoms in total. The third kappa shape index (κ3) is 61.1. The second-order valence-electron chi connectivity index (χ2n) is 23.1. The highest BCUT2D eigenvalue weighted by Gasteiger charge is 2.19. The Hall–Kier alpha value is -1.59. The third-order valence-corrected chi connectivity index (χ3v) is 15.6. The van der Waals surface area contributed by atoms with Gasteiger partial charge in [-0.05, 0) is 19.3 Å². The van der Waals surface area contributed by atoms with Gasteiger partial charge in [0.15, 0.2) is 6.10 Å². The molecule has 6 heteroatoms. The van der Waals surface area contributed by atoms with Gasteiger partial charge in [0.2, 0.25) is 0 Å². The Bertz CT molecular complexity index is 1090. The highest BCUT2D eigenvalue weighted by molar-refractivity contribution is 5.71. The molecule has 0 saturated heterocycles. The quantitative estimate of drug-likeness (QED) is 0.0343. The van der Waals surface area contributed by atoms with Crippen LogP contribution in [-0.4, -0.2) is 37.2 Å². The molecule has 0 heterocycles. The summed E-state index contributed by atoms with van der Waals surface area (Å²) in [5, 5.41) is 0. The minimum atomic E-state index is -0.762. The van der Waals surface area contributed by atoms with Gasteiger partial charge < -0.3 is 14.2 Å². The molecule has 0 aromatic rings. The highest BCUT2D eigenvalue weighted by Crippen LogP contribution is 2.19. The predicted molar refractivity (Wildman–Crippen MR) is 317 cm³/mol. The maximum Gasteiger partial charge on any atom is 0.306 e. The van der Waals surface area contributed by atoms with E-state index in [0.29, 0.717) is 19.3 Å². The van der Waals surface area contributed by atoms with Crippen LogP contribution >= 0.6 is 0 Å². The SMILES string of the molecule is CCCCCCCCCCCCCCCCCCCCCCCCCCCC(=O)OCC(COC(=O)CCCCCCCCCCCCCCCCC)OC(=O)CCCCCCCCCCCCCCCCC. The van der Waals surface area contributed by atoms with Crippen molar-refractivity contribution in [3.8, 4) is 0 Å². The summed E-state index contributed by atoms with van der Waals surface area (Å²) in [4.78, 5) is 38.3. The lowest BCUT2D eigenvalue weighted by molar-refractivity contribution is -0.167. The first kappa shape index (κ1) is 71.4. The van der Waals surface area contributed by atoms with Crippen molar-refractivity contribution in [1.29, 1.82) is 0 Å². The van der Waals surface area contributed by atoms with E-state index in [1.165, 1.54) is 295 Å². The van der Waals surface area contributed by atoms with E-state index in [2.05, 4.69) is 20.8 Å². The zero-order valence-corrected chi connectivity index (χ0v) is 50.0. The van der Waals surface area contributed by atoms with Crippen molar-refractivity contribution in [1.82, 2.24) is 0 Å². The van der Waals surface area contributed by atoms with E-state index in [9.17, 15) is 14.4 Å².